The summed E-state index contributed by atoms with van der Waals surface area (Å²) in [4.78, 5) is 0. The van der Waals surface area contributed by atoms with Crippen molar-refractivity contribution in [1.29, 1.82) is 5.41 Å². The molecule has 0 rings (SSSR count). The van der Waals surface area contributed by atoms with Crippen LogP contribution in [0.4, 0.5) is 0 Å². The molecule has 0 aromatic rings. The van der Waals surface area contributed by atoms with E-state index >= 15 is 0 Å². The fraction of sp³-hybridized carbons (Fsp3) is 0.700. The van der Waals surface area contributed by atoms with Gasteiger partial charge in [-0.15, -0.1) is 0 Å². The van der Waals surface area contributed by atoms with Crippen LogP contribution in [0.2, 0.25) is 0 Å². The normalized spacial score (nSPS) is 14.5. The van der Waals surface area contributed by atoms with Gasteiger partial charge in [0.25, 0.3) is 0 Å². The maximum Gasteiger partial charge on any atom is 0.334 e. The summed E-state index contributed by atoms with van der Waals surface area (Å²) in [6.07, 6.45) is 1.18. The van der Waals surface area contributed by atoms with E-state index in [4.69, 9.17) is 15.8 Å². The van der Waals surface area contributed by atoms with Crippen LogP contribution in [0.3, 0.4) is 0 Å². The van der Waals surface area contributed by atoms with Crippen molar-refractivity contribution in [1.82, 2.24) is 0 Å². The number of hydrogen-bond acceptors (Lipinski definition) is 4. The number of hydrogen-bond donors (Lipinski definition) is 3. The average Bonchev–Trinajstić information content (AvgIpc) is 2.02. The lowest BCUT2D eigenvalue weighted by Gasteiger charge is -2.38. The molecule has 85 valence electrons. The van der Waals surface area contributed by atoms with Gasteiger partial charge in [0.1, 0.15) is 0 Å². The minimum absolute atomic E-state index is 0.279. The van der Waals surface area contributed by atoms with Gasteiger partial charge in [0.15, 0.2) is 0 Å². The lowest BCUT2D eigenvalue weighted by molar-refractivity contribution is 0.0847. The quantitative estimate of drug-likeness (QED) is 0.382. The summed E-state index contributed by atoms with van der Waals surface area (Å²) in [5.74, 6) is 0. The second-order valence-electron chi connectivity index (χ2n) is 4.59. The van der Waals surface area contributed by atoms with E-state index in [1.807, 2.05) is 27.7 Å². The van der Waals surface area contributed by atoms with Crippen LogP contribution in [-0.2, 0) is 4.65 Å². The molecule has 0 fully saturated rings. The minimum atomic E-state index is -0.431. The molecule has 0 aromatic carbocycles. The van der Waals surface area contributed by atoms with Crippen molar-refractivity contribution < 1.29 is 4.65 Å². The number of thiol groups is 1. The molecule has 0 saturated heterocycles. The Morgan fingerprint density at radius 2 is 1.87 bits per heavy atom. The standard InChI is InChI=1S/C10H20BN2OS/c1-7(13)8(6-12)11-14-9(2,3)10(4,5)15/h6,12,15H,13H2,1-5H3/b8-7+,12-6?. The molecule has 0 saturated carbocycles. The Balaban J connectivity index is 4.53. The zero-order valence-electron chi connectivity index (χ0n) is 10.1. The first kappa shape index (κ1) is 14.6. The molecule has 3 N–H and O–H groups in total. The van der Waals surface area contributed by atoms with Gasteiger partial charge >= 0.3 is 7.48 Å². The van der Waals surface area contributed by atoms with Crippen LogP contribution in [-0.4, -0.2) is 24.0 Å². The maximum atomic E-state index is 7.16. The highest BCUT2D eigenvalue weighted by molar-refractivity contribution is 7.81. The third-order valence-corrected chi connectivity index (χ3v) is 3.10. The Labute approximate surface area is 98.7 Å². The van der Waals surface area contributed by atoms with Gasteiger partial charge in [-0.05, 0) is 40.1 Å². The molecule has 0 aromatic heterocycles. The lowest BCUT2D eigenvalue weighted by atomic mass is 9.83. The lowest BCUT2D eigenvalue weighted by Crippen LogP contribution is -2.44. The van der Waals surface area contributed by atoms with Gasteiger partial charge < -0.3 is 15.8 Å². The van der Waals surface area contributed by atoms with Crippen molar-refractivity contribution in [2.24, 2.45) is 5.73 Å². The molecule has 0 atom stereocenters. The first-order chi connectivity index (χ1) is 6.62. The molecule has 5 heteroatoms. The van der Waals surface area contributed by atoms with Crippen LogP contribution in [0, 0.1) is 5.41 Å². The predicted molar refractivity (Wildman–Crippen MR) is 69.7 cm³/mol. The van der Waals surface area contributed by atoms with Crippen LogP contribution in [0.15, 0.2) is 11.2 Å². The van der Waals surface area contributed by atoms with Crippen LogP contribution in [0.25, 0.3) is 0 Å². The summed E-state index contributed by atoms with van der Waals surface area (Å²) in [5.41, 5.74) is 6.30. The van der Waals surface area contributed by atoms with E-state index in [9.17, 15) is 0 Å². The summed E-state index contributed by atoms with van der Waals surface area (Å²) in [7, 11) is 1.51. The fourth-order valence-electron chi connectivity index (χ4n) is 0.596. The van der Waals surface area contributed by atoms with E-state index in [-0.39, 0.29) is 4.75 Å². The van der Waals surface area contributed by atoms with Crippen LogP contribution in [0.5, 0.6) is 0 Å². The fourth-order valence-corrected chi connectivity index (χ4v) is 0.649. The third-order valence-electron chi connectivity index (χ3n) is 2.56. The zero-order chi connectivity index (χ0) is 12.3. The minimum Gasteiger partial charge on any atom is -0.428 e. The second kappa shape index (κ2) is 5.08. The molecule has 0 aliphatic carbocycles. The van der Waals surface area contributed by atoms with Gasteiger partial charge in [-0.1, -0.05) is 0 Å². The SMILES string of the molecule is C/C(N)=C(\[B]OC(C)(C)C(C)(C)S)C=N. The van der Waals surface area contributed by atoms with Crippen LogP contribution < -0.4 is 5.73 Å². The monoisotopic (exact) mass is 227 g/mol. The largest absolute Gasteiger partial charge is 0.428 e. The highest BCUT2D eigenvalue weighted by Crippen LogP contribution is 2.30. The van der Waals surface area contributed by atoms with Crippen molar-refractivity contribution in [2.45, 2.75) is 45.0 Å². The number of rotatable bonds is 5. The Morgan fingerprint density at radius 1 is 1.40 bits per heavy atom. The molecule has 0 bridgehead atoms. The number of nitrogens with one attached hydrogen (secondary N) is 1. The van der Waals surface area contributed by atoms with E-state index < -0.39 is 5.60 Å². The van der Waals surface area contributed by atoms with E-state index in [1.165, 1.54) is 13.7 Å². The summed E-state index contributed by atoms with van der Waals surface area (Å²) < 4.78 is 5.34. The van der Waals surface area contributed by atoms with E-state index in [0.717, 1.165) is 0 Å². The zero-order valence-corrected chi connectivity index (χ0v) is 11.0. The third kappa shape index (κ3) is 4.30. The van der Waals surface area contributed by atoms with Crippen molar-refractivity contribution >= 4 is 26.3 Å². The van der Waals surface area contributed by atoms with Crippen LogP contribution in [0.1, 0.15) is 34.6 Å². The van der Waals surface area contributed by atoms with Crippen LogP contribution >= 0.6 is 12.6 Å². The maximum absolute atomic E-state index is 7.16. The van der Waals surface area contributed by atoms with Crippen molar-refractivity contribution in [3.8, 4) is 0 Å². The van der Waals surface area contributed by atoms with Crippen molar-refractivity contribution in [3.63, 3.8) is 0 Å². The Hall–Kier alpha value is -0.415. The van der Waals surface area contributed by atoms with Gasteiger partial charge in [0.05, 0.1) is 5.60 Å². The Kier molecular flexibility index (Phi) is 4.94. The first-order valence-electron chi connectivity index (χ1n) is 4.82. The highest BCUT2D eigenvalue weighted by atomic mass is 32.1. The number of nitrogens with two attached hydrogens (primary N) is 1. The van der Waals surface area contributed by atoms with Gasteiger partial charge in [-0.25, -0.2) is 0 Å². The Bertz CT molecular complexity index is 265. The van der Waals surface area contributed by atoms with Crippen molar-refractivity contribution in [2.75, 3.05) is 0 Å². The smallest absolute Gasteiger partial charge is 0.334 e. The van der Waals surface area contributed by atoms with E-state index in [0.29, 0.717) is 11.2 Å². The predicted octanol–water partition coefficient (Wildman–Crippen LogP) is 1.95. The molecular formula is C10H20BN2OS. The summed E-state index contributed by atoms with van der Waals surface area (Å²) >= 11 is 4.47. The molecule has 1 radical (unpaired) electrons. The molecule has 0 spiro atoms. The molecule has 0 aliphatic heterocycles. The average molecular weight is 227 g/mol. The number of allylic oxidation sites excluding steroid dienone is 2. The summed E-state index contributed by atoms with van der Waals surface area (Å²) in [6.45, 7) is 9.59. The second-order valence-corrected chi connectivity index (χ2v) is 5.71. The summed E-state index contributed by atoms with van der Waals surface area (Å²) in [5, 5.41) is 7.16. The van der Waals surface area contributed by atoms with Crippen molar-refractivity contribution in [3.05, 3.63) is 11.2 Å². The molecule has 0 amide bonds. The molecule has 15 heavy (non-hydrogen) atoms. The molecule has 0 heterocycles. The first-order valence-corrected chi connectivity index (χ1v) is 5.27. The van der Waals surface area contributed by atoms with Gasteiger partial charge in [-0.2, -0.15) is 12.6 Å². The summed E-state index contributed by atoms with van der Waals surface area (Å²) in [6, 6.07) is 0. The molecule has 3 nitrogen and oxygen atoms in total. The highest BCUT2D eigenvalue weighted by Gasteiger charge is 2.34. The van der Waals surface area contributed by atoms with Gasteiger partial charge in [0.2, 0.25) is 0 Å². The van der Waals surface area contributed by atoms with Gasteiger partial charge in [0, 0.05) is 16.7 Å². The topological polar surface area (TPSA) is 59.1 Å². The van der Waals surface area contributed by atoms with E-state index in [2.05, 4.69) is 12.6 Å². The molecular weight excluding hydrogens is 207 g/mol. The molecule has 0 unspecified atom stereocenters. The molecule has 0 aliphatic rings. The van der Waals surface area contributed by atoms with E-state index in [1.54, 1.807) is 6.92 Å². The Morgan fingerprint density at radius 3 is 2.13 bits per heavy atom. The van der Waals surface area contributed by atoms with Gasteiger partial charge in [-0.3, -0.25) is 0 Å².